The molecule has 0 heterocycles. The molecule has 0 saturated heterocycles. The van der Waals surface area contributed by atoms with Crippen molar-refractivity contribution in [2.75, 3.05) is 5.75 Å². The minimum absolute atomic E-state index is 0.281. The lowest BCUT2D eigenvalue weighted by atomic mass is 10.2. The van der Waals surface area contributed by atoms with E-state index in [2.05, 4.69) is 19.1 Å². The third-order valence-electron chi connectivity index (χ3n) is 2.48. The van der Waals surface area contributed by atoms with Gasteiger partial charge in [-0.2, -0.15) is 5.26 Å². The van der Waals surface area contributed by atoms with Crippen LogP contribution in [0.4, 0.5) is 0 Å². The second-order valence-electron chi connectivity index (χ2n) is 4.16. The summed E-state index contributed by atoms with van der Waals surface area (Å²) in [5.41, 5.74) is 0.792. The molecular formula is C17H17NO2S. The van der Waals surface area contributed by atoms with E-state index in [4.69, 9.17) is 10.4 Å². The summed E-state index contributed by atoms with van der Waals surface area (Å²) >= 11 is 1.84. The topological polar surface area (TPSA) is 61.1 Å². The van der Waals surface area contributed by atoms with Crippen LogP contribution in [0.1, 0.15) is 18.9 Å². The fourth-order valence-electron chi connectivity index (χ4n) is 1.43. The first-order valence-electron chi connectivity index (χ1n) is 6.58. The van der Waals surface area contributed by atoms with Gasteiger partial charge in [-0.15, -0.1) is 11.8 Å². The van der Waals surface area contributed by atoms with Crippen LogP contribution in [-0.4, -0.2) is 16.8 Å². The fourth-order valence-corrected chi connectivity index (χ4v) is 2.20. The van der Waals surface area contributed by atoms with Crippen molar-refractivity contribution >= 4 is 23.8 Å². The first-order chi connectivity index (χ1) is 10.2. The Morgan fingerprint density at radius 3 is 2.57 bits per heavy atom. The van der Waals surface area contributed by atoms with Crippen LogP contribution in [0.25, 0.3) is 6.08 Å². The molecule has 0 aromatic heterocycles. The van der Waals surface area contributed by atoms with E-state index in [9.17, 15) is 4.79 Å². The van der Waals surface area contributed by atoms with Gasteiger partial charge < -0.3 is 5.11 Å². The number of allylic oxidation sites excluding steroid dienone is 4. The van der Waals surface area contributed by atoms with Crippen molar-refractivity contribution in [3.63, 3.8) is 0 Å². The second kappa shape index (κ2) is 9.62. The molecule has 0 amide bonds. The molecule has 4 heteroatoms. The SMILES string of the molecule is CCCSc1ccc(C=CC=CC=C(C#N)C(=O)O)cc1. The molecule has 0 saturated carbocycles. The van der Waals surface area contributed by atoms with Crippen LogP contribution < -0.4 is 0 Å². The van der Waals surface area contributed by atoms with Crippen molar-refractivity contribution in [2.45, 2.75) is 18.2 Å². The lowest BCUT2D eigenvalue weighted by molar-refractivity contribution is -0.132. The normalized spacial score (nSPS) is 11.9. The standard InChI is InChI=1S/C17H17NO2S/c1-2-12-21-16-10-8-14(9-11-16)6-4-3-5-7-15(13-18)17(19)20/h3-11H,2,12H2,1H3,(H,19,20). The van der Waals surface area contributed by atoms with Crippen molar-refractivity contribution in [3.8, 4) is 6.07 Å². The number of aliphatic carboxylic acids is 1. The summed E-state index contributed by atoms with van der Waals surface area (Å²) < 4.78 is 0. The predicted molar refractivity (Wildman–Crippen MR) is 87.0 cm³/mol. The minimum atomic E-state index is -1.22. The maximum absolute atomic E-state index is 10.6. The third kappa shape index (κ3) is 6.64. The van der Waals surface area contributed by atoms with E-state index in [0.717, 1.165) is 17.7 Å². The Morgan fingerprint density at radius 1 is 1.29 bits per heavy atom. The molecule has 21 heavy (non-hydrogen) atoms. The van der Waals surface area contributed by atoms with Gasteiger partial charge in [-0.25, -0.2) is 4.79 Å². The molecule has 0 aliphatic rings. The summed E-state index contributed by atoms with van der Waals surface area (Å²) in [6.45, 7) is 2.16. The van der Waals surface area contributed by atoms with Gasteiger partial charge in [0.2, 0.25) is 0 Å². The van der Waals surface area contributed by atoms with Crippen molar-refractivity contribution in [2.24, 2.45) is 0 Å². The molecule has 0 unspecified atom stereocenters. The molecule has 0 aliphatic carbocycles. The molecule has 0 atom stereocenters. The van der Waals surface area contributed by atoms with Gasteiger partial charge in [0.05, 0.1) is 0 Å². The maximum atomic E-state index is 10.6. The van der Waals surface area contributed by atoms with Crippen LogP contribution in [0, 0.1) is 11.3 Å². The number of nitrogens with zero attached hydrogens (tertiary/aromatic N) is 1. The van der Waals surface area contributed by atoms with Gasteiger partial charge in [-0.05, 0) is 35.9 Å². The highest BCUT2D eigenvalue weighted by Crippen LogP contribution is 2.19. The molecular weight excluding hydrogens is 282 g/mol. The van der Waals surface area contributed by atoms with Gasteiger partial charge in [-0.3, -0.25) is 0 Å². The van der Waals surface area contributed by atoms with Crippen LogP contribution >= 0.6 is 11.8 Å². The second-order valence-corrected chi connectivity index (χ2v) is 5.33. The molecule has 1 aromatic rings. The van der Waals surface area contributed by atoms with Crippen LogP contribution in [0.2, 0.25) is 0 Å². The Kier molecular flexibility index (Phi) is 7.70. The van der Waals surface area contributed by atoms with Crippen molar-refractivity contribution in [1.29, 1.82) is 5.26 Å². The fraction of sp³-hybridized carbons (Fsp3) is 0.176. The Labute approximate surface area is 129 Å². The quantitative estimate of drug-likeness (QED) is 0.353. The number of hydrogen-bond acceptors (Lipinski definition) is 3. The first-order valence-corrected chi connectivity index (χ1v) is 7.57. The Morgan fingerprint density at radius 2 is 2.00 bits per heavy atom. The smallest absolute Gasteiger partial charge is 0.346 e. The predicted octanol–water partition coefficient (Wildman–Crippen LogP) is 4.29. The van der Waals surface area contributed by atoms with E-state index >= 15 is 0 Å². The molecule has 0 fully saturated rings. The molecule has 1 N–H and O–H groups in total. The highest BCUT2D eigenvalue weighted by Gasteiger charge is 2.01. The summed E-state index contributed by atoms with van der Waals surface area (Å²) in [7, 11) is 0. The van der Waals surface area contributed by atoms with Crippen LogP contribution in [0.15, 0.2) is 59.0 Å². The highest BCUT2D eigenvalue weighted by atomic mass is 32.2. The Hall–Kier alpha value is -2.25. The first kappa shape index (κ1) is 16.8. The summed E-state index contributed by atoms with van der Waals surface area (Å²) in [5, 5.41) is 17.2. The molecule has 0 spiro atoms. The number of benzene rings is 1. The maximum Gasteiger partial charge on any atom is 0.346 e. The molecule has 3 nitrogen and oxygen atoms in total. The van der Waals surface area contributed by atoms with E-state index in [-0.39, 0.29) is 5.57 Å². The van der Waals surface area contributed by atoms with Gasteiger partial charge >= 0.3 is 5.97 Å². The minimum Gasteiger partial charge on any atom is -0.477 e. The summed E-state index contributed by atoms with van der Waals surface area (Å²) in [5.74, 6) is -0.0963. The number of carbonyl (C=O) groups is 1. The van der Waals surface area contributed by atoms with Crippen LogP contribution in [0.3, 0.4) is 0 Å². The number of thioether (sulfide) groups is 1. The highest BCUT2D eigenvalue weighted by molar-refractivity contribution is 7.99. The average Bonchev–Trinajstić information content (AvgIpc) is 2.49. The van der Waals surface area contributed by atoms with Gasteiger partial charge in [0, 0.05) is 4.90 Å². The lowest BCUT2D eigenvalue weighted by Crippen LogP contribution is -1.96. The van der Waals surface area contributed by atoms with Crippen molar-refractivity contribution < 1.29 is 9.90 Å². The Balaban J connectivity index is 2.57. The van der Waals surface area contributed by atoms with E-state index in [1.54, 1.807) is 12.1 Å². The number of carboxylic acids is 1. The van der Waals surface area contributed by atoms with Crippen molar-refractivity contribution in [1.82, 2.24) is 0 Å². The van der Waals surface area contributed by atoms with E-state index in [1.807, 2.05) is 36.0 Å². The van der Waals surface area contributed by atoms with Gasteiger partial charge in [0.25, 0.3) is 0 Å². The summed E-state index contributed by atoms with van der Waals surface area (Å²) in [6.07, 6.45) is 9.39. The molecule has 0 bridgehead atoms. The summed E-state index contributed by atoms with van der Waals surface area (Å²) in [6, 6.07) is 9.86. The Bertz CT molecular complexity index is 592. The molecule has 108 valence electrons. The number of nitriles is 1. The molecule has 0 aliphatic heterocycles. The van der Waals surface area contributed by atoms with E-state index < -0.39 is 5.97 Å². The number of carboxylic acid groups (broad SMARTS) is 1. The zero-order valence-corrected chi connectivity index (χ0v) is 12.6. The summed E-state index contributed by atoms with van der Waals surface area (Å²) in [4.78, 5) is 11.8. The van der Waals surface area contributed by atoms with Crippen LogP contribution in [-0.2, 0) is 4.79 Å². The lowest BCUT2D eigenvalue weighted by Gasteiger charge is -1.99. The largest absolute Gasteiger partial charge is 0.477 e. The monoisotopic (exact) mass is 299 g/mol. The molecule has 1 aromatic carbocycles. The van der Waals surface area contributed by atoms with E-state index in [1.165, 1.54) is 17.0 Å². The molecule has 0 radical (unpaired) electrons. The zero-order valence-electron chi connectivity index (χ0n) is 11.8. The van der Waals surface area contributed by atoms with Crippen LogP contribution in [0.5, 0.6) is 0 Å². The third-order valence-corrected chi connectivity index (χ3v) is 3.70. The van der Waals surface area contributed by atoms with E-state index in [0.29, 0.717) is 0 Å². The number of rotatable bonds is 7. The van der Waals surface area contributed by atoms with Gasteiger partial charge in [0.15, 0.2) is 0 Å². The molecule has 1 rings (SSSR count). The van der Waals surface area contributed by atoms with Crippen molar-refractivity contribution in [3.05, 3.63) is 59.7 Å². The van der Waals surface area contributed by atoms with Gasteiger partial charge in [-0.1, -0.05) is 43.4 Å². The zero-order chi connectivity index (χ0) is 15.5. The van der Waals surface area contributed by atoms with Gasteiger partial charge in [0.1, 0.15) is 11.6 Å². The number of hydrogen-bond donors (Lipinski definition) is 1. The average molecular weight is 299 g/mol.